The van der Waals surface area contributed by atoms with Crippen molar-refractivity contribution in [2.24, 2.45) is 5.92 Å². The van der Waals surface area contributed by atoms with Crippen LogP contribution in [0.15, 0.2) is 54.1 Å². The SMILES string of the molecule is C[C@@H](C1CC1)n1ccnc1S(=O)(=O)Nc1cccc2cccnc12. The fourth-order valence-corrected chi connectivity index (χ4v) is 4.25. The first-order valence-electron chi connectivity index (χ1n) is 7.96. The Balaban J connectivity index is 1.72. The summed E-state index contributed by atoms with van der Waals surface area (Å²) in [7, 11) is -3.78. The maximum atomic E-state index is 12.9. The van der Waals surface area contributed by atoms with E-state index in [1.807, 2.05) is 25.1 Å². The normalized spacial score (nSPS) is 16.2. The number of imidazole rings is 1. The number of aromatic nitrogens is 3. The second kappa shape index (κ2) is 5.59. The first kappa shape index (κ1) is 15.1. The van der Waals surface area contributed by atoms with Crippen LogP contribution in [0.2, 0.25) is 0 Å². The molecule has 3 aromatic rings. The fourth-order valence-electron chi connectivity index (χ4n) is 3.00. The van der Waals surface area contributed by atoms with Gasteiger partial charge in [0.05, 0.1) is 11.2 Å². The monoisotopic (exact) mass is 342 g/mol. The Hall–Kier alpha value is -2.41. The Labute approximate surface area is 140 Å². The molecule has 1 atom stereocenters. The average Bonchev–Trinajstić information content (AvgIpc) is 3.30. The summed E-state index contributed by atoms with van der Waals surface area (Å²) in [4.78, 5) is 8.38. The molecular formula is C17H18N4O2S. The van der Waals surface area contributed by atoms with Crippen molar-refractivity contribution in [3.63, 3.8) is 0 Å². The summed E-state index contributed by atoms with van der Waals surface area (Å²) in [6, 6.07) is 9.27. The van der Waals surface area contributed by atoms with Gasteiger partial charge in [0, 0.05) is 30.0 Å². The molecule has 2 heterocycles. The van der Waals surface area contributed by atoms with Crippen molar-refractivity contribution < 1.29 is 8.42 Å². The van der Waals surface area contributed by atoms with Gasteiger partial charge in [0.15, 0.2) is 0 Å². The molecule has 124 valence electrons. The molecule has 1 fully saturated rings. The van der Waals surface area contributed by atoms with Crippen LogP contribution < -0.4 is 4.72 Å². The zero-order valence-corrected chi connectivity index (χ0v) is 14.1. The number of nitrogens with one attached hydrogen (secondary N) is 1. The lowest BCUT2D eigenvalue weighted by Gasteiger charge is -2.16. The maximum absolute atomic E-state index is 12.9. The first-order valence-corrected chi connectivity index (χ1v) is 9.44. The van der Waals surface area contributed by atoms with Crippen LogP contribution in [-0.2, 0) is 10.0 Å². The first-order chi connectivity index (χ1) is 11.6. The van der Waals surface area contributed by atoms with E-state index in [1.165, 1.54) is 6.20 Å². The lowest BCUT2D eigenvalue weighted by atomic mass is 10.2. The number of sulfonamides is 1. The van der Waals surface area contributed by atoms with E-state index in [0.717, 1.165) is 18.2 Å². The van der Waals surface area contributed by atoms with E-state index < -0.39 is 10.0 Å². The lowest BCUT2D eigenvalue weighted by molar-refractivity contribution is 0.444. The summed E-state index contributed by atoms with van der Waals surface area (Å²) < 4.78 is 30.1. The lowest BCUT2D eigenvalue weighted by Crippen LogP contribution is -2.21. The van der Waals surface area contributed by atoms with Gasteiger partial charge in [0.1, 0.15) is 0 Å². The van der Waals surface area contributed by atoms with E-state index >= 15 is 0 Å². The molecule has 6 nitrogen and oxygen atoms in total. The minimum Gasteiger partial charge on any atom is -0.317 e. The second-order valence-corrected chi connectivity index (χ2v) is 7.76. The van der Waals surface area contributed by atoms with Gasteiger partial charge in [-0.05, 0) is 37.8 Å². The van der Waals surface area contributed by atoms with Crippen LogP contribution in [0.4, 0.5) is 5.69 Å². The Bertz CT molecular complexity index is 987. The van der Waals surface area contributed by atoms with E-state index in [9.17, 15) is 8.42 Å². The van der Waals surface area contributed by atoms with Gasteiger partial charge in [-0.2, -0.15) is 8.42 Å². The molecule has 7 heteroatoms. The number of hydrogen-bond acceptors (Lipinski definition) is 4. The van der Waals surface area contributed by atoms with Crippen molar-refractivity contribution in [3.8, 4) is 0 Å². The number of para-hydroxylation sites is 1. The summed E-state index contributed by atoms with van der Waals surface area (Å²) in [5.74, 6) is 0.535. The summed E-state index contributed by atoms with van der Waals surface area (Å²) in [5, 5.41) is 0.933. The fraction of sp³-hybridized carbons (Fsp3) is 0.294. The Morgan fingerprint density at radius 3 is 2.75 bits per heavy atom. The zero-order chi connectivity index (χ0) is 16.7. The van der Waals surface area contributed by atoms with Gasteiger partial charge in [0.2, 0.25) is 5.16 Å². The summed E-state index contributed by atoms with van der Waals surface area (Å²) >= 11 is 0. The summed E-state index contributed by atoms with van der Waals surface area (Å²) in [6.45, 7) is 2.04. The van der Waals surface area contributed by atoms with Crippen molar-refractivity contribution in [2.75, 3.05) is 4.72 Å². The van der Waals surface area contributed by atoms with E-state index in [1.54, 1.807) is 29.1 Å². The van der Waals surface area contributed by atoms with Crippen LogP contribution in [0, 0.1) is 5.92 Å². The highest BCUT2D eigenvalue weighted by molar-refractivity contribution is 7.92. The third-order valence-electron chi connectivity index (χ3n) is 4.49. The quantitative estimate of drug-likeness (QED) is 0.772. The topological polar surface area (TPSA) is 76.9 Å². The molecule has 0 aliphatic heterocycles. The molecule has 1 aromatic carbocycles. The van der Waals surface area contributed by atoms with Crippen molar-refractivity contribution in [1.82, 2.24) is 14.5 Å². The van der Waals surface area contributed by atoms with Gasteiger partial charge in [-0.15, -0.1) is 0 Å². The van der Waals surface area contributed by atoms with Crippen molar-refractivity contribution in [1.29, 1.82) is 0 Å². The van der Waals surface area contributed by atoms with Gasteiger partial charge < -0.3 is 4.57 Å². The van der Waals surface area contributed by atoms with E-state index in [4.69, 9.17) is 0 Å². The number of pyridine rings is 1. The third kappa shape index (κ3) is 2.65. The third-order valence-corrected chi connectivity index (χ3v) is 5.78. The largest absolute Gasteiger partial charge is 0.317 e. The standard InChI is InChI=1S/C17H18N4O2S/c1-12(13-7-8-13)21-11-10-19-17(21)24(22,23)20-15-6-2-4-14-5-3-9-18-16(14)15/h2-6,9-13,20H,7-8H2,1H3/t12-/m0/s1. The highest BCUT2D eigenvalue weighted by atomic mass is 32.2. The number of benzene rings is 1. The predicted octanol–water partition coefficient (Wildman–Crippen LogP) is 3.20. The molecule has 1 N–H and O–H groups in total. The van der Waals surface area contributed by atoms with Crippen LogP contribution in [0.3, 0.4) is 0 Å². The minimum absolute atomic E-state index is 0.0508. The van der Waals surface area contributed by atoms with Crippen LogP contribution in [-0.4, -0.2) is 23.0 Å². The number of anilines is 1. The van der Waals surface area contributed by atoms with Crippen molar-refractivity contribution in [2.45, 2.75) is 31.0 Å². The second-order valence-electron chi connectivity index (χ2n) is 6.18. The van der Waals surface area contributed by atoms with E-state index in [0.29, 0.717) is 17.1 Å². The van der Waals surface area contributed by atoms with Gasteiger partial charge in [-0.3, -0.25) is 9.71 Å². The highest BCUT2D eigenvalue weighted by Gasteiger charge is 2.32. The Morgan fingerprint density at radius 2 is 1.96 bits per heavy atom. The van der Waals surface area contributed by atoms with Gasteiger partial charge in [-0.1, -0.05) is 18.2 Å². The number of nitrogens with zero attached hydrogens (tertiary/aromatic N) is 3. The maximum Gasteiger partial charge on any atom is 0.296 e. The molecule has 24 heavy (non-hydrogen) atoms. The number of rotatable bonds is 5. The van der Waals surface area contributed by atoms with Crippen molar-refractivity contribution >= 4 is 26.6 Å². The molecule has 0 amide bonds. The van der Waals surface area contributed by atoms with Crippen LogP contribution >= 0.6 is 0 Å². The summed E-state index contributed by atoms with van der Waals surface area (Å²) in [6.07, 6.45) is 7.20. The molecule has 0 radical (unpaired) electrons. The van der Waals surface area contributed by atoms with Gasteiger partial charge in [0.25, 0.3) is 10.0 Å². The Kier molecular flexibility index (Phi) is 3.53. The molecule has 4 rings (SSSR count). The molecule has 0 unspecified atom stereocenters. The van der Waals surface area contributed by atoms with Gasteiger partial charge >= 0.3 is 0 Å². The number of fused-ring (bicyclic) bond motifs is 1. The predicted molar refractivity (Wildman–Crippen MR) is 92.2 cm³/mol. The summed E-state index contributed by atoms with van der Waals surface area (Å²) in [5.41, 5.74) is 1.08. The molecule has 0 spiro atoms. The van der Waals surface area contributed by atoms with E-state index in [-0.39, 0.29) is 11.2 Å². The highest BCUT2D eigenvalue weighted by Crippen LogP contribution is 2.40. The molecule has 1 saturated carbocycles. The molecule has 1 aliphatic rings. The molecular weight excluding hydrogens is 324 g/mol. The van der Waals surface area contributed by atoms with Crippen LogP contribution in [0.25, 0.3) is 10.9 Å². The van der Waals surface area contributed by atoms with Gasteiger partial charge in [-0.25, -0.2) is 4.98 Å². The zero-order valence-electron chi connectivity index (χ0n) is 13.3. The van der Waals surface area contributed by atoms with Crippen LogP contribution in [0.1, 0.15) is 25.8 Å². The average molecular weight is 342 g/mol. The van der Waals surface area contributed by atoms with Crippen molar-refractivity contribution in [3.05, 3.63) is 48.9 Å². The molecule has 1 aliphatic carbocycles. The van der Waals surface area contributed by atoms with Crippen LogP contribution in [0.5, 0.6) is 0 Å². The molecule has 2 aromatic heterocycles. The number of hydrogen-bond donors (Lipinski definition) is 1. The minimum atomic E-state index is -3.78. The molecule has 0 bridgehead atoms. The smallest absolute Gasteiger partial charge is 0.296 e. The molecule has 0 saturated heterocycles. The van der Waals surface area contributed by atoms with E-state index in [2.05, 4.69) is 14.7 Å². The Morgan fingerprint density at radius 1 is 1.17 bits per heavy atom.